The fourth-order valence-corrected chi connectivity index (χ4v) is 1.40. The zero-order valence-corrected chi connectivity index (χ0v) is 8.79. The monoisotopic (exact) mass is 230 g/mol. The maximum Gasteiger partial charge on any atom is 0.335 e. The first-order chi connectivity index (χ1) is 8.20. The Balaban J connectivity index is 2.45. The van der Waals surface area contributed by atoms with E-state index in [1.807, 2.05) is 0 Å². The average Bonchev–Trinajstić information content (AvgIpc) is 2.39. The number of nitrogens with one attached hydrogen (secondary N) is 1. The number of carboxylic acid groups (broad SMARTS) is 1. The van der Waals surface area contributed by atoms with Crippen molar-refractivity contribution in [1.82, 2.24) is 9.97 Å². The van der Waals surface area contributed by atoms with Crippen molar-refractivity contribution in [1.29, 1.82) is 0 Å². The summed E-state index contributed by atoms with van der Waals surface area (Å²) in [6, 6.07) is 8.19. The molecule has 2 aromatic rings. The lowest BCUT2D eigenvalue weighted by Crippen LogP contribution is -2.10. The molecule has 6 heteroatoms. The van der Waals surface area contributed by atoms with Crippen LogP contribution in [0.1, 0.15) is 10.4 Å². The van der Waals surface area contributed by atoms with E-state index in [1.165, 1.54) is 6.07 Å². The third-order valence-corrected chi connectivity index (χ3v) is 2.19. The predicted molar refractivity (Wildman–Crippen MR) is 62.2 cm³/mol. The summed E-state index contributed by atoms with van der Waals surface area (Å²) >= 11 is 0. The van der Waals surface area contributed by atoms with E-state index in [4.69, 9.17) is 10.9 Å². The molecule has 0 atom stereocenters. The number of nitrogens with two attached hydrogens (primary N) is 1. The summed E-state index contributed by atoms with van der Waals surface area (Å²) in [4.78, 5) is 18.8. The molecule has 0 amide bonds. The van der Waals surface area contributed by atoms with Gasteiger partial charge in [-0.2, -0.15) is 0 Å². The predicted octanol–water partition coefficient (Wildman–Crippen LogP) is 1.13. The first-order valence-electron chi connectivity index (χ1n) is 4.84. The summed E-state index contributed by atoms with van der Waals surface area (Å²) in [5, 5.41) is 8.89. The Bertz CT molecular complexity index is 557. The number of hydrazine groups is 1. The molecule has 0 radical (unpaired) electrons. The Labute approximate surface area is 97.1 Å². The number of nitrogen functional groups attached to an aromatic ring is 1. The quantitative estimate of drug-likeness (QED) is 0.539. The zero-order valence-electron chi connectivity index (χ0n) is 8.79. The van der Waals surface area contributed by atoms with Crippen molar-refractivity contribution in [3.05, 3.63) is 42.1 Å². The molecule has 1 heterocycles. The van der Waals surface area contributed by atoms with Gasteiger partial charge in [0.1, 0.15) is 0 Å². The molecule has 4 N–H and O–H groups in total. The lowest BCUT2D eigenvalue weighted by molar-refractivity contribution is 0.0697. The van der Waals surface area contributed by atoms with Crippen LogP contribution in [0, 0.1) is 0 Å². The minimum Gasteiger partial charge on any atom is -0.478 e. The van der Waals surface area contributed by atoms with Gasteiger partial charge in [-0.3, -0.25) is 5.43 Å². The molecule has 0 saturated heterocycles. The van der Waals surface area contributed by atoms with E-state index >= 15 is 0 Å². The summed E-state index contributed by atoms with van der Waals surface area (Å²) in [6.45, 7) is 0. The number of aromatic carboxylic acids is 1. The van der Waals surface area contributed by atoms with E-state index in [2.05, 4.69) is 15.4 Å². The van der Waals surface area contributed by atoms with Gasteiger partial charge >= 0.3 is 5.97 Å². The molecular formula is C11H10N4O2. The fraction of sp³-hybridized carbons (Fsp3) is 0. The molecule has 0 bridgehead atoms. The number of aromatic nitrogens is 2. The summed E-state index contributed by atoms with van der Waals surface area (Å²) in [6.07, 6.45) is 1.55. The highest BCUT2D eigenvalue weighted by Crippen LogP contribution is 2.18. The summed E-state index contributed by atoms with van der Waals surface area (Å²) in [5.41, 5.74) is 3.85. The van der Waals surface area contributed by atoms with Crippen LogP contribution >= 0.6 is 0 Å². The van der Waals surface area contributed by atoms with E-state index < -0.39 is 5.97 Å². The van der Waals surface area contributed by atoms with Gasteiger partial charge in [0.2, 0.25) is 5.95 Å². The number of nitrogens with zero attached hydrogens (tertiary/aromatic N) is 2. The van der Waals surface area contributed by atoms with Gasteiger partial charge in [0.05, 0.1) is 11.3 Å². The molecule has 86 valence electrons. The van der Waals surface area contributed by atoms with Crippen molar-refractivity contribution >= 4 is 11.9 Å². The van der Waals surface area contributed by atoms with Crippen LogP contribution in [-0.4, -0.2) is 21.0 Å². The molecule has 0 aliphatic carbocycles. The lowest BCUT2D eigenvalue weighted by atomic mass is 10.1. The average molecular weight is 230 g/mol. The van der Waals surface area contributed by atoms with Crippen LogP contribution in [0.5, 0.6) is 0 Å². The molecule has 0 unspecified atom stereocenters. The van der Waals surface area contributed by atoms with Gasteiger partial charge in [0, 0.05) is 11.8 Å². The lowest BCUT2D eigenvalue weighted by Gasteiger charge is -2.03. The molecular weight excluding hydrogens is 220 g/mol. The van der Waals surface area contributed by atoms with Crippen LogP contribution in [0.3, 0.4) is 0 Å². The number of carbonyl (C=O) groups is 1. The zero-order chi connectivity index (χ0) is 12.3. The van der Waals surface area contributed by atoms with E-state index in [0.717, 1.165) is 0 Å². The number of hydrogen-bond acceptors (Lipinski definition) is 5. The number of rotatable bonds is 3. The van der Waals surface area contributed by atoms with E-state index in [-0.39, 0.29) is 11.5 Å². The van der Waals surface area contributed by atoms with Crippen LogP contribution in [0.4, 0.5) is 5.95 Å². The van der Waals surface area contributed by atoms with Crippen molar-refractivity contribution in [3.8, 4) is 11.3 Å². The second-order valence-corrected chi connectivity index (χ2v) is 3.30. The molecule has 2 rings (SSSR count). The van der Waals surface area contributed by atoms with Crippen LogP contribution < -0.4 is 11.3 Å². The Morgan fingerprint density at radius 3 is 2.88 bits per heavy atom. The smallest absolute Gasteiger partial charge is 0.335 e. The fourth-order valence-electron chi connectivity index (χ4n) is 1.40. The minimum absolute atomic E-state index is 0.211. The van der Waals surface area contributed by atoms with Gasteiger partial charge in [0.25, 0.3) is 0 Å². The van der Waals surface area contributed by atoms with Crippen molar-refractivity contribution in [2.75, 3.05) is 5.43 Å². The van der Waals surface area contributed by atoms with Gasteiger partial charge in [0.15, 0.2) is 0 Å². The summed E-state index contributed by atoms with van der Waals surface area (Å²) in [5.74, 6) is 4.51. The molecule has 0 aliphatic heterocycles. The number of anilines is 1. The molecule has 0 saturated carbocycles. The van der Waals surface area contributed by atoms with Gasteiger partial charge in [-0.15, -0.1) is 0 Å². The summed E-state index contributed by atoms with van der Waals surface area (Å²) < 4.78 is 0. The largest absolute Gasteiger partial charge is 0.478 e. The van der Waals surface area contributed by atoms with Gasteiger partial charge in [-0.05, 0) is 18.2 Å². The maximum atomic E-state index is 10.8. The second-order valence-electron chi connectivity index (χ2n) is 3.30. The van der Waals surface area contributed by atoms with Crippen molar-refractivity contribution in [2.24, 2.45) is 5.84 Å². The first-order valence-corrected chi connectivity index (χ1v) is 4.84. The topological polar surface area (TPSA) is 101 Å². The van der Waals surface area contributed by atoms with E-state index in [0.29, 0.717) is 11.3 Å². The molecule has 0 spiro atoms. The minimum atomic E-state index is -0.974. The number of carboxylic acids is 1. The Morgan fingerprint density at radius 1 is 1.35 bits per heavy atom. The summed E-state index contributed by atoms with van der Waals surface area (Å²) in [7, 11) is 0. The number of hydrogen-bond donors (Lipinski definition) is 3. The van der Waals surface area contributed by atoms with Gasteiger partial charge < -0.3 is 5.11 Å². The highest BCUT2D eigenvalue weighted by atomic mass is 16.4. The van der Waals surface area contributed by atoms with Crippen molar-refractivity contribution in [2.45, 2.75) is 0 Å². The van der Waals surface area contributed by atoms with Crippen molar-refractivity contribution < 1.29 is 9.90 Å². The van der Waals surface area contributed by atoms with Gasteiger partial charge in [-0.25, -0.2) is 20.6 Å². The van der Waals surface area contributed by atoms with Gasteiger partial charge in [-0.1, -0.05) is 12.1 Å². The van der Waals surface area contributed by atoms with Crippen LogP contribution in [-0.2, 0) is 0 Å². The van der Waals surface area contributed by atoms with Crippen LogP contribution in [0.25, 0.3) is 11.3 Å². The molecule has 0 fully saturated rings. The second kappa shape index (κ2) is 4.58. The molecule has 17 heavy (non-hydrogen) atoms. The molecule has 6 nitrogen and oxygen atoms in total. The molecule has 1 aromatic heterocycles. The van der Waals surface area contributed by atoms with Crippen LogP contribution in [0.2, 0.25) is 0 Å². The van der Waals surface area contributed by atoms with E-state index in [9.17, 15) is 4.79 Å². The highest BCUT2D eigenvalue weighted by molar-refractivity contribution is 5.89. The Morgan fingerprint density at radius 2 is 2.18 bits per heavy atom. The van der Waals surface area contributed by atoms with Crippen LogP contribution in [0.15, 0.2) is 36.5 Å². The Hall–Kier alpha value is -2.47. The maximum absolute atomic E-state index is 10.8. The standard InChI is InChI=1S/C11H10N4O2/c12-15-11-13-5-4-9(14-11)7-2-1-3-8(6-7)10(16)17/h1-6H,12H2,(H,16,17)(H,13,14,15). The highest BCUT2D eigenvalue weighted by Gasteiger charge is 2.06. The Kier molecular flexibility index (Phi) is 2.97. The SMILES string of the molecule is NNc1nccc(-c2cccc(C(=O)O)c2)n1. The molecule has 1 aromatic carbocycles. The third-order valence-electron chi connectivity index (χ3n) is 2.19. The first kappa shape index (κ1) is 11.0. The third kappa shape index (κ3) is 2.37. The molecule has 0 aliphatic rings. The van der Waals surface area contributed by atoms with E-state index in [1.54, 1.807) is 30.5 Å². The number of benzene rings is 1. The normalized spacial score (nSPS) is 9.94. The van der Waals surface area contributed by atoms with Crippen molar-refractivity contribution in [3.63, 3.8) is 0 Å².